The SMILES string of the molecule is CC1(C(=O)NCc2ccc(-c3noc(C(F)(F)F)n3)c(F)c2)COC1. The molecule has 25 heavy (non-hydrogen) atoms. The number of aromatic nitrogens is 2. The van der Waals surface area contributed by atoms with Gasteiger partial charge in [0.2, 0.25) is 11.7 Å². The highest BCUT2D eigenvalue weighted by molar-refractivity contribution is 5.83. The second kappa shape index (κ2) is 6.10. The number of rotatable bonds is 4. The van der Waals surface area contributed by atoms with Crippen molar-refractivity contribution in [2.24, 2.45) is 5.41 Å². The Morgan fingerprint density at radius 1 is 1.36 bits per heavy atom. The highest BCUT2D eigenvalue weighted by Gasteiger charge is 2.41. The fourth-order valence-corrected chi connectivity index (χ4v) is 2.23. The summed E-state index contributed by atoms with van der Waals surface area (Å²) in [5.41, 5.74) is -0.372. The van der Waals surface area contributed by atoms with Gasteiger partial charge in [-0.25, -0.2) is 4.39 Å². The number of benzene rings is 1. The number of halogens is 4. The summed E-state index contributed by atoms with van der Waals surface area (Å²) in [7, 11) is 0. The van der Waals surface area contributed by atoms with Crippen LogP contribution in [0.25, 0.3) is 11.4 Å². The summed E-state index contributed by atoms with van der Waals surface area (Å²) < 4.78 is 60.6. The average molecular weight is 359 g/mol. The van der Waals surface area contributed by atoms with Gasteiger partial charge in [-0.2, -0.15) is 18.2 Å². The van der Waals surface area contributed by atoms with E-state index in [1.54, 1.807) is 6.92 Å². The van der Waals surface area contributed by atoms with Crippen molar-refractivity contribution in [2.45, 2.75) is 19.6 Å². The molecule has 3 rings (SSSR count). The number of hydrogen-bond acceptors (Lipinski definition) is 5. The van der Waals surface area contributed by atoms with Gasteiger partial charge in [-0.1, -0.05) is 11.2 Å². The smallest absolute Gasteiger partial charge is 0.379 e. The Balaban J connectivity index is 1.70. The maximum absolute atomic E-state index is 14.1. The molecular formula is C15H13F4N3O3. The largest absolute Gasteiger partial charge is 0.471 e. The normalized spacial score (nSPS) is 16.4. The zero-order valence-electron chi connectivity index (χ0n) is 13.0. The molecule has 0 unspecified atom stereocenters. The quantitative estimate of drug-likeness (QED) is 0.849. The van der Waals surface area contributed by atoms with E-state index in [4.69, 9.17) is 4.74 Å². The number of carbonyl (C=O) groups excluding carboxylic acids is 1. The van der Waals surface area contributed by atoms with Crippen LogP contribution in [-0.2, 0) is 22.3 Å². The first-order valence-corrected chi connectivity index (χ1v) is 7.25. The third-order valence-corrected chi connectivity index (χ3v) is 3.79. The van der Waals surface area contributed by atoms with E-state index in [0.717, 1.165) is 6.07 Å². The molecule has 0 spiro atoms. The fraction of sp³-hybridized carbons (Fsp3) is 0.400. The van der Waals surface area contributed by atoms with Crippen LogP contribution in [0.5, 0.6) is 0 Å². The van der Waals surface area contributed by atoms with Crippen molar-refractivity contribution in [2.75, 3.05) is 13.2 Å². The first-order chi connectivity index (χ1) is 11.7. The van der Waals surface area contributed by atoms with E-state index in [1.807, 2.05) is 0 Å². The van der Waals surface area contributed by atoms with Gasteiger partial charge in [0.1, 0.15) is 5.82 Å². The van der Waals surface area contributed by atoms with E-state index < -0.39 is 29.1 Å². The summed E-state index contributed by atoms with van der Waals surface area (Å²) in [5, 5.41) is 5.81. The molecule has 0 radical (unpaired) electrons. The lowest BCUT2D eigenvalue weighted by Gasteiger charge is -2.36. The van der Waals surface area contributed by atoms with Crippen LogP contribution in [-0.4, -0.2) is 29.3 Å². The van der Waals surface area contributed by atoms with Crippen molar-refractivity contribution in [3.8, 4) is 11.4 Å². The lowest BCUT2D eigenvalue weighted by Crippen LogP contribution is -2.51. The molecule has 0 saturated carbocycles. The second-order valence-electron chi connectivity index (χ2n) is 5.97. The summed E-state index contributed by atoms with van der Waals surface area (Å²) in [6.07, 6.45) is -4.80. The summed E-state index contributed by atoms with van der Waals surface area (Å²) in [4.78, 5) is 15.1. The summed E-state index contributed by atoms with van der Waals surface area (Å²) >= 11 is 0. The van der Waals surface area contributed by atoms with Crippen molar-refractivity contribution in [3.63, 3.8) is 0 Å². The van der Waals surface area contributed by atoms with Gasteiger partial charge < -0.3 is 14.6 Å². The minimum absolute atomic E-state index is 0.0751. The third kappa shape index (κ3) is 3.48. The molecule has 1 saturated heterocycles. The molecule has 6 nitrogen and oxygen atoms in total. The van der Waals surface area contributed by atoms with Gasteiger partial charge in [-0.3, -0.25) is 4.79 Å². The zero-order valence-corrected chi connectivity index (χ0v) is 13.0. The standard InChI is InChI=1S/C15H13F4N3O3/c1-14(6-24-7-14)12(23)20-5-8-2-3-9(10(16)4-8)11-21-13(25-22-11)15(17,18)19/h2-4H,5-7H2,1H3,(H,20,23). The summed E-state index contributed by atoms with van der Waals surface area (Å²) in [5.74, 6) is -3.08. The van der Waals surface area contributed by atoms with E-state index in [0.29, 0.717) is 18.8 Å². The Morgan fingerprint density at radius 2 is 2.08 bits per heavy atom. The molecule has 1 N–H and O–H groups in total. The summed E-state index contributed by atoms with van der Waals surface area (Å²) in [6, 6.07) is 3.79. The molecular weight excluding hydrogens is 346 g/mol. The molecule has 1 aliphatic heterocycles. The van der Waals surface area contributed by atoms with E-state index in [2.05, 4.69) is 20.0 Å². The maximum Gasteiger partial charge on any atom is 0.471 e. The molecule has 0 aliphatic carbocycles. The van der Waals surface area contributed by atoms with Crippen LogP contribution < -0.4 is 5.32 Å². The molecule has 2 heterocycles. The Morgan fingerprint density at radius 3 is 2.60 bits per heavy atom. The van der Waals surface area contributed by atoms with Crippen molar-refractivity contribution in [3.05, 3.63) is 35.5 Å². The van der Waals surface area contributed by atoms with Gasteiger partial charge >= 0.3 is 12.1 Å². The first-order valence-electron chi connectivity index (χ1n) is 7.25. The minimum atomic E-state index is -4.80. The molecule has 1 amide bonds. The Labute approximate surface area is 139 Å². The van der Waals surface area contributed by atoms with E-state index in [9.17, 15) is 22.4 Å². The maximum atomic E-state index is 14.1. The number of carbonyl (C=O) groups is 1. The van der Waals surface area contributed by atoms with Gasteiger partial charge in [0, 0.05) is 6.54 Å². The van der Waals surface area contributed by atoms with E-state index >= 15 is 0 Å². The summed E-state index contributed by atoms with van der Waals surface area (Å²) in [6.45, 7) is 2.48. The van der Waals surface area contributed by atoms with Crippen LogP contribution in [0.1, 0.15) is 18.4 Å². The lowest BCUT2D eigenvalue weighted by atomic mass is 9.87. The van der Waals surface area contributed by atoms with Crippen molar-refractivity contribution >= 4 is 5.91 Å². The van der Waals surface area contributed by atoms with Crippen LogP contribution in [0.4, 0.5) is 17.6 Å². The second-order valence-corrected chi connectivity index (χ2v) is 5.97. The molecule has 1 aromatic heterocycles. The molecule has 0 atom stereocenters. The Kier molecular flexibility index (Phi) is 4.23. The minimum Gasteiger partial charge on any atom is -0.379 e. The predicted molar refractivity (Wildman–Crippen MR) is 75.5 cm³/mol. The number of nitrogens with one attached hydrogen (secondary N) is 1. The molecule has 134 valence electrons. The highest BCUT2D eigenvalue weighted by Crippen LogP contribution is 2.30. The van der Waals surface area contributed by atoms with Crippen molar-refractivity contribution < 1.29 is 31.6 Å². The third-order valence-electron chi connectivity index (χ3n) is 3.79. The van der Waals surface area contributed by atoms with Crippen molar-refractivity contribution in [1.29, 1.82) is 0 Å². The monoisotopic (exact) mass is 359 g/mol. The molecule has 2 aromatic rings. The average Bonchev–Trinajstić information content (AvgIpc) is 3.00. The van der Waals surface area contributed by atoms with E-state index in [-0.39, 0.29) is 18.0 Å². The van der Waals surface area contributed by atoms with Crippen molar-refractivity contribution in [1.82, 2.24) is 15.5 Å². The van der Waals surface area contributed by atoms with Crippen LogP contribution in [0.15, 0.2) is 22.7 Å². The zero-order chi connectivity index (χ0) is 18.2. The Hall–Kier alpha value is -2.49. The lowest BCUT2D eigenvalue weighted by molar-refractivity contribution is -0.159. The number of amides is 1. The highest BCUT2D eigenvalue weighted by atomic mass is 19.4. The molecule has 1 aromatic carbocycles. The predicted octanol–water partition coefficient (Wildman–Crippen LogP) is 2.55. The first kappa shape index (κ1) is 17.3. The van der Waals surface area contributed by atoms with Gasteiger partial charge in [0.05, 0.1) is 24.2 Å². The number of alkyl halides is 3. The van der Waals surface area contributed by atoms with Crippen LogP contribution in [0.3, 0.4) is 0 Å². The molecule has 10 heteroatoms. The fourth-order valence-electron chi connectivity index (χ4n) is 2.23. The Bertz CT molecular complexity index is 800. The topological polar surface area (TPSA) is 77.3 Å². The molecule has 0 bridgehead atoms. The van der Waals surface area contributed by atoms with Gasteiger partial charge in [0.15, 0.2) is 0 Å². The number of nitrogens with zero attached hydrogens (tertiary/aromatic N) is 2. The molecule has 1 fully saturated rings. The van der Waals surface area contributed by atoms with Crippen LogP contribution in [0, 0.1) is 11.2 Å². The van der Waals surface area contributed by atoms with Gasteiger partial charge in [0.25, 0.3) is 0 Å². The molecule has 1 aliphatic rings. The van der Waals surface area contributed by atoms with Gasteiger partial charge in [-0.05, 0) is 24.6 Å². The van der Waals surface area contributed by atoms with Gasteiger partial charge in [-0.15, -0.1) is 0 Å². The van der Waals surface area contributed by atoms with E-state index in [1.165, 1.54) is 12.1 Å². The number of ether oxygens (including phenoxy) is 1. The number of hydrogen-bond donors (Lipinski definition) is 1. The van der Waals surface area contributed by atoms with Crippen LogP contribution in [0.2, 0.25) is 0 Å². The van der Waals surface area contributed by atoms with Crippen LogP contribution >= 0.6 is 0 Å².